The Balaban J connectivity index is 1.64. The highest BCUT2D eigenvalue weighted by Gasteiger charge is 2.27. The fourth-order valence-electron chi connectivity index (χ4n) is 3.52. The molecule has 4 rings (SSSR count). The second kappa shape index (κ2) is 9.58. The molecule has 1 aliphatic rings. The molecule has 1 amide bonds. The van der Waals surface area contributed by atoms with E-state index in [1.807, 2.05) is 0 Å². The molecule has 1 atom stereocenters. The molecule has 1 fully saturated rings. The molecule has 0 aromatic carbocycles. The Labute approximate surface area is 195 Å². The van der Waals surface area contributed by atoms with Crippen LogP contribution in [-0.4, -0.2) is 68.2 Å². The van der Waals surface area contributed by atoms with Crippen LogP contribution in [0.25, 0.3) is 16.9 Å². The summed E-state index contributed by atoms with van der Waals surface area (Å²) in [6.07, 6.45) is 6.23. The number of fused-ring (bicyclic) bond motifs is 1. The molecule has 176 valence electrons. The number of hydrogen-bond acceptors (Lipinski definition) is 7. The first-order valence-corrected chi connectivity index (χ1v) is 11.1. The Morgan fingerprint density at radius 3 is 2.82 bits per heavy atom. The number of pyridine rings is 1. The predicted molar refractivity (Wildman–Crippen MR) is 122 cm³/mol. The Morgan fingerprint density at radius 1 is 1.33 bits per heavy atom. The number of nitrogens with zero attached hydrogens (tertiary/aromatic N) is 4. The second-order valence-corrected chi connectivity index (χ2v) is 9.01. The van der Waals surface area contributed by atoms with Crippen LogP contribution < -0.4 is 10.6 Å². The van der Waals surface area contributed by atoms with E-state index in [1.165, 1.54) is 26.2 Å². The van der Waals surface area contributed by atoms with Crippen molar-refractivity contribution in [1.82, 2.24) is 24.9 Å². The molecular weight excluding hydrogens is 451 g/mol. The Kier molecular flexibility index (Phi) is 6.78. The number of carbonyl (C=O) groups is 1. The molecule has 1 aliphatic heterocycles. The van der Waals surface area contributed by atoms with Crippen molar-refractivity contribution in [1.29, 1.82) is 0 Å². The molecule has 0 aliphatic carbocycles. The first-order chi connectivity index (χ1) is 15.7. The molecule has 3 N–H and O–H groups in total. The largest absolute Gasteiger partial charge is 0.387 e. The number of aromatic nitrogens is 4. The number of rotatable bonds is 7. The molecule has 0 spiro atoms. The lowest BCUT2D eigenvalue weighted by Crippen LogP contribution is -2.42. The minimum absolute atomic E-state index is 0.117. The van der Waals surface area contributed by atoms with Gasteiger partial charge in [-0.3, -0.25) is 9.78 Å². The molecule has 0 radical (unpaired) electrons. The third-order valence-electron chi connectivity index (χ3n) is 5.54. The lowest BCUT2D eigenvalue weighted by atomic mass is 10.0. The molecule has 1 saturated heterocycles. The summed E-state index contributed by atoms with van der Waals surface area (Å²) in [5.74, 6) is -0.486. The first kappa shape index (κ1) is 23.3. The van der Waals surface area contributed by atoms with Gasteiger partial charge in [0.05, 0.1) is 52.1 Å². The molecule has 0 saturated carbocycles. The maximum absolute atomic E-state index is 14.2. The zero-order valence-electron chi connectivity index (χ0n) is 18.4. The van der Waals surface area contributed by atoms with Gasteiger partial charge in [-0.1, -0.05) is 11.6 Å². The van der Waals surface area contributed by atoms with E-state index in [2.05, 4.69) is 25.7 Å². The third-order valence-corrected chi connectivity index (χ3v) is 5.73. The van der Waals surface area contributed by atoms with Crippen LogP contribution in [0, 0.1) is 0 Å². The number of ether oxygens (including phenoxy) is 1. The van der Waals surface area contributed by atoms with Crippen molar-refractivity contribution in [3.05, 3.63) is 41.4 Å². The highest BCUT2D eigenvalue weighted by atomic mass is 35.5. The summed E-state index contributed by atoms with van der Waals surface area (Å²) in [5, 5.41) is 20.5. The summed E-state index contributed by atoms with van der Waals surface area (Å²) in [6, 6.07) is 1.88. The van der Waals surface area contributed by atoms with Crippen LogP contribution in [0.1, 0.15) is 37.0 Å². The van der Waals surface area contributed by atoms with Crippen LogP contribution in [0.15, 0.2) is 30.9 Å². The van der Waals surface area contributed by atoms with E-state index >= 15 is 0 Å². The number of nitrogens with one attached hydrogen (secondary N) is 2. The second-order valence-electron chi connectivity index (χ2n) is 8.58. The standard InChI is InChI=1S/C22H26ClFN6O3/c1-22(2,32)19(24)11-27-21(31)16-9-25-17(7-18(16)29-14-3-5-33-6-4-14)15-10-28-30-12-13(23)8-26-20(15)30/h7-10,12,14,19,32H,3-6,11H2,1-2H3,(H,25,29)(H,27,31)/t19-/m1/s1. The van der Waals surface area contributed by atoms with E-state index in [4.69, 9.17) is 16.3 Å². The van der Waals surface area contributed by atoms with Crippen LogP contribution >= 0.6 is 11.6 Å². The van der Waals surface area contributed by atoms with Gasteiger partial charge in [-0.15, -0.1) is 0 Å². The quantitative estimate of drug-likeness (QED) is 0.480. The van der Waals surface area contributed by atoms with Crippen LogP contribution in [0.2, 0.25) is 5.02 Å². The molecule has 9 nitrogen and oxygen atoms in total. The van der Waals surface area contributed by atoms with Crippen molar-refractivity contribution in [2.24, 2.45) is 0 Å². The van der Waals surface area contributed by atoms with Crippen molar-refractivity contribution >= 4 is 28.8 Å². The summed E-state index contributed by atoms with van der Waals surface area (Å²) in [5.41, 5.74) is 1.12. The number of aliphatic hydroxyl groups is 1. The van der Waals surface area contributed by atoms with Gasteiger partial charge in [0.25, 0.3) is 5.91 Å². The SMILES string of the molecule is CC(C)(O)[C@H](F)CNC(=O)c1cnc(-c2cnn3cc(Cl)cnc23)cc1NC1CCOCC1. The van der Waals surface area contributed by atoms with Crippen molar-refractivity contribution in [3.63, 3.8) is 0 Å². The van der Waals surface area contributed by atoms with Gasteiger partial charge in [0.2, 0.25) is 0 Å². The molecule has 3 aromatic heterocycles. The van der Waals surface area contributed by atoms with E-state index in [0.29, 0.717) is 40.8 Å². The molecule has 3 aromatic rings. The first-order valence-electron chi connectivity index (χ1n) is 10.7. The Hall–Kier alpha value is -2.82. The van der Waals surface area contributed by atoms with Crippen molar-refractivity contribution < 1.29 is 19.0 Å². The van der Waals surface area contributed by atoms with Crippen LogP contribution in [0.5, 0.6) is 0 Å². The zero-order valence-corrected chi connectivity index (χ0v) is 19.1. The summed E-state index contributed by atoms with van der Waals surface area (Å²) in [7, 11) is 0. The van der Waals surface area contributed by atoms with Gasteiger partial charge in [0.1, 0.15) is 6.17 Å². The number of halogens is 2. The van der Waals surface area contributed by atoms with Crippen LogP contribution in [0.4, 0.5) is 10.1 Å². The number of alkyl halides is 1. The monoisotopic (exact) mass is 476 g/mol. The topological polar surface area (TPSA) is 114 Å². The van der Waals surface area contributed by atoms with Crippen molar-refractivity contribution in [3.8, 4) is 11.3 Å². The lowest BCUT2D eigenvalue weighted by Gasteiger charge is -2.26. The van der Waals surface area contributed by atoms with E-state index < -0.39 is 17.7 Å². The van der Waals surface area contributed by atoms with Crippen molar-refractivity contribution in [2.75, 3.05) is 25.1 Å². The number of hydrogen-bond donors (Lipinski definition) is 3. The molecule has 11 heteroatoms. The zero-order chi connectivity index (χ0) is 23.6. The highest BCUT2D eigenvalue weighted by molar-refractivity contribution is 6.30. The van der Waals surface area contributed by atoms with Gasteiger partial charge >= 0.3 is 0 Å². The third kappa shape index (κ3) is 5.40. The maximum Gasteiger partial charge on any atom is 0.255 e. The van der Waals surface area contributed by atoms with E-state index in [1.54, 1.807) is 23.0 Å². The maximum atomic E-state index is 14.2. The normalized spacial score (nSPS) is 16.0. The van der Waals surface area contributed by atoms with Gasteiger partial charge < -0.3 is 20.5 Å². The molecular formula is C22H26ClFN6O3. The average Bonchev–Trinajstić information content (AvgIpc) is 3.20. The van der Waals surface area contributed by atoms with Crippen LogP contribution in [-0.2, 0) is 4.74 Å². The summed E-state index contributed by atoms with van der Waals surface area (Å²) < 4.78 is 21.1. The van der Waals surface area contributed by atoms with Gasteiger partial charge in [-0.25, -0.2) is 13.9 Å². The summed E-state index contributed by atoms with van der Waals surface area (Å²) >= 11 is 6.00. The fourth-order valence-corrected chi connectivity index (χ4v) is 3.67. The van der Waals surface area contributed by atoms with Gasteiger partial charge in [0.15, 0.2) is 5.65 Å². The van der Waals surface area contributed by atoms with E-state index in [-0.39, 0.29) is 18.2 Å². The molecule has 4 heterocycles. The minimum atomic E-state index is -1.61. The molecule has 33 heavy (non-hydrogen) atoms. The molecule has 0 bridgehead atoms. The van der Waals surface area contributed by atoms with E-state index in [9.17, 15) is 14.3 Å². The number of amides is 1. The highest BCUT2D eigenvalue weighted by Crippen LogP contribution is 2.28. The number of carbonyl (C=O) groups excluding carboxylic acids is 1. The fraction of sp³-hybridized carbons (Fsp3) is 0.455. The van der Waals surface area contributed by atoms with Gasteiger partial charge in [0, 0.05) is 31.6 Å². The Bertz CT molecular complexity index is 1140. The summed E-state index contributed by atoms with van der Waals surface area (Å²) in [4.78, 5) is 21.7. The molecule has 0 unspecified atom stereocenters. The number of anilines is 1. The minimum Gasteiger partial charge on any atom is -0.387 e. The van der Waals surface area contributed by atoms with Gasteiger partial charge in [-0.2, -0.15) is 5.10 Å². The summed E-state index contributed by atoms with van der Waals surface area (Å²) in [6.45, 7) is 3.65. The average molecular weight is 477 g/mol. The smallest absolute Gasteiger partial charge is 0.255 e. The van der Waals surface area contributed by atoms with Crippen LogP contribution in [0.3, 0.4) is 0 Å². The van der Waals surface area contributed by atoms with Crippen molar-refractivity contribution in [2.45, 2.75) is 44.5 Å². The van der Waals surface area contributed by atoms with Gasteiger partial charge in [-0.05, 0) is 32.8 Å². The van der Waals surface area contributed by atoms with E-state index in [0.717, 1.165) is 12.8 Å². The lowest BCUT2D eigenvalue weighted by molar-refractivity contribution is -0.00177. The Morgan fingerprint density at radius 2 is 2.09 bits per heavy atom. The predicted octanol–water partition coefficient (Wildman–Crippen LogP) is 2.87.